The van der Waals surface area contributed by atoms with Crippen LogP contribution in [-0.4, -0.2) is 199 Å². The fraction of sp³-hybridized carbons (Fsp3) is 0.256. The van der Waals surface area contributed by atoms with Crippen LogP contribution in [0.1, 0.15) is 54.2 Å². The summed E-state index contributed by atoms with van der Waals surface area (Å²) in [5, 5.41) is 43.4. The highest BCUT2D eigenvalue weighted by molar-refractivity contribution is 6.07. The number of hydrogen-bond acceptors (Lipinski definition) is 26. The molecule has 128 heavy (non-hydrogen) atoms. The zero-order chi connectivity index (χ0) is 87.8. The van der Waals surface area contributed by atoms with E-state index in [0.29, 0.717) is 87.1 Å². The molecule has 35 nitrogen and oxygen atoms in total. The molecule has 0 radical (unpaired) electrons. The molecule has 1 aromatic carbocycles. The van der Waals surface area contributed by atoms with E-state index < -0.39 is 11.7 Å². The Bertz CT molecular complexity index is 6320. The van der Waals surface area contributed by atoms with Crippen molar-refractivity contribution < 1.29 is 46.3 Å². The smallest absolute Gasteiger partial charge is 0.416 e. The van der Waals surface area contributed by atoms with Crippen molar-refractivity contribution in [2.24, 2.45) is 0 Å². The lowest BCUT2D eigenvalue weighted by Gasteiger charge is -2.36. The van der Waals surface area contributed by atoms with E-state index in [4.69, 9.17) is 28.9 Å². The Hall–Kier alpha value is -15.8. The predicted molar refractivity (Wildman–Crippen MR) is 473 cm³/mol. The number of halogens is 3. The Morgan fingerprint density at radius 3 is 1.27 bits per heavy atom. The number of nitrogens with one attached hydrogen (secondary N) is 5. The Labute approximate surface area is 729 Å². The monoisotopic (exact) mass is 1720 g/mol. The van der Waals surface area contributed by atoms with Crippen LogP contribution in [0.15, 0.2) is 211 Å². The summed E-state index contributed by atoms with van der Waals surface area (Å²) >= 11 is 0. The molecule has 8 aliphatic heterocycles. The van der Waals surface area contributed by atoms with E-state index in [0.717, 1.165) is 168 Å². The summed E-state index contributed by atoms with van der Waals surface area (Å²) in [6.45, 7) is 14.1. The lowest BCUT2D eigenvalue weighted by Crippen LogP contribution is -2.51. The van der Waals surface area contributed by atoms with Crippen LogP contribution in [0.25, 0.3) is 78.8 Å². The zero-order valence-electron chi connectivity index (χ0n) is 69.6. The van der Waals surface area contributed by atoms with Gasteiger partial charge in [-0.25, -0.2) is 54.1 Å². The second kappa shape index (κ2) is 34.7. The first-order valence-electron chi connectivity index (χ1n) is 41.7. The van der Waals surface area contributed by atoms with Gasteiger partial charge in [0.2, 0.25) is 0 Å². The summed E-state index contributed by atoms with van der Waals surface area (Å²) < 4.78 is 50.0. The van der Waals surface area contributed by atoms with E-state index in [1.54, 1.807) is 119 Å². The summed E-state index contributed by atoms with van der Waals surface area (Å²) in [5.74, 6) is 5.22. The second-order valence-electron chi connectivity index (χ2n) is 31.8. The summed E-state index contributed by atoms with van der Waals surface area (Å²) in [5.41, 5.74) is 14.9. The highest BCUT2D eigenvalue weighted by Gasteiger charge is 2.45. The maximum Gasteiger partial charge on any atom is 0.416 e. The number of urea groups is 4. The number of rotatable bonds is 12. The topological polar surface area (TPSA) is 398 Å². The van der Waals surface area contributed by atoms with E-state index in [-0.39, 0.29) is 61.4 Å². The van der Waals surface area contributed by atoms with Crippen LogP contribution >= 0.6 is 0 Å². The molecule has 0 spiro atoms. The number of alkyl halides is 3. The maximum absolute atomic E-state index is 13.5. The van der Waals surface area contributed by atoms with Gasteiger partial charge in [-0.15, -0.1) is 10.2 Å². The highest BCUT2D eigenvalue weighted by atomic mass is 19.4. The lowest BCUT2D eigenvalue weighted by molar-refractivity contribution is -0.137. The first-order chi connectivity index (χ1) is 62.2. The van der Waals surface area contributed by atoms with Crippen molar-refractivity contribution in [3.05, 3.63) is 230 Å². The van der Waals surface area contributed by atoms with Gasteiger partial charge in [0.1, 0.15) is 5.82 Å². The van der Waals surface area contributed by atoms with Gasteiger partial charge in [0, 0.05) is 153 Å². The number of aryl methyl sites for hydroxylation is 4. The molecule has 38 heteroatoms. The van der Waals surface area contributed by atoms with Crippen molar-refractivity contribution in [1.82, 2.24) is 85.7 Å². The first-order valence-corrected chi connectivity index (χ1v) is 41.7. The van der Waals surface area contributed by atoms with Crippen molar-refractivity contribution in [2.75, 3.05) is 121 Å². The van der Waals surface area contributed by atoms with Crippen LogP contribution in [0.4, 0.5) is 95.8 Å². The zero-order valence-corrected chi connectivity index (χ0v) is 69.6. The van der Waals surface area contributed by atoms with Crippen LogP contribution < -0.4 is 60.5 Å². The number of aliphatic hydroxyl groups excluding tert-OH is 1. The van der Waals surface area contributed by atoms with E-state index in [1.165, 1.54) is 12.5 Å². The third kappa shape index (κ3) is 16.9. The molecule has 646 valence electrons. The number of nitrogens with zero attached hydrogens (tertiary/aromatic N) is 23. The summed E-state index contributed by atoms with van der Waals surface area (Å²) in [6.07, 6.45) is 17.2. The molecule has 8 aliphatic rings. The third-order valence-electron chi connectivity index (χ3n) is 23.4. The van der Waals surface area contributed by atoms with Crippen LogP contribution in [0.3, 0.4) is 0 Å². The Morgan fingerprint density at radius 1 is 0.445 bits per heavy atom. The van der Waals surface area contributed by atoms with Crippen molar-refractivity contribution in [3.63, 3.8) is 0 Å². The molecule has 4 fully saturated rings. The van der Waals surface area contributed by atoms with Crippen molar-refractivity contribution in [3.8, 4) is 78.8 Å². The number of fused-ring (bicyclic) bond motifs is 16. The fourth-order valence-electron chi connectivity index (χ4n) is 17.3. The van der Waals surface area contributed by atoms with Crippen LogP contribution in [0.2, 0.25) is 0 Å². The quantitative estimate of drug-likeness (QED) is 0.0661. The highest BCUT2D eigenvalue weighted by Crippen LogP contribution is 2.46. The van der Waals surface area contributed by atoms with E-state index in [1.807, 2.05) is 99.6 Å². The number of aromatic amines is 1. The van der Waals surface area contributed by atoms with Crippen molar-refractivity contribution in [1.29, 1.82) is 0 Å². The standard InChI is InChI=1S/C24H22N8O2.C24H22N8O.C23H20N8O2.C19H19F3N4O2/c1-14-9-16(5-7-25-14)19-3-4-20-23(28-19)32(18-6-8-31(20)13-18)24(33)29-22-10-17(11-27-30-22)21-12-26-15(2)34-21;1-15-10-17(5-7-25-15)20-2-3-21-23(29-20)32(19-6-9-31(21)14-19)24(33)30-22-11-16(4-8-26-22)18-12-27-28-13-18;1-14-8-15(4-6-25-14)18-2-3-19-22(27-18)31(17-5-7-30(19)12-17)23(32)28-21-9-16(10-26-29-21)20-11-24-13-33-20;20-19(21,22)13-3-1-2-12(10-13)15-4-5-16-17(24-15)26(18(28)23-7-9-27)14-6-8-25(16)11-14/h3-5,7,9-12,18H,6,8,13H2,1-2H3,(H,29,30,33);2-5,7-8,10-13,19H,6,9,14H2,1H3,(H,27,28)(H,26,30,33);2-4,6,8-11,13,17H,5,7,12H2,1H3,(H,28,29,32);1-5,10,14,27H,6-9,11H2,(H,23,28)/t18-;19-;17-;14-/m0000/s1. The molecule has 4 atom stereocenters. The normalized spacial score (nSPS) is 16.9. The van der Waals surface area contributed by atoms with Gasteiger partial charge in [-0.2, -0.15) is 28.5 Å². The average molecular weight is 1730 g/mol. The average Bonchev–Trinajstić information content (AvgIpc) is 1.58. The molecule has 13 aromatic heterocycles. The number of amides is 8. The molecule has 8 amide bonds. The second-order valence-corrected chi connectivity index (χ2v) is 31.8. The van der Waals surface area contributed by atoms with Crippen LogP contribution in [-0.2, 0) is 6.18 Å². The van der Waals surface area contributed by atoms with Gasteiger partial charge in [0.05, 0.1) is 113 Å². The van der Waals surface area contributed by atoms with Gasteiger partial charge in [0.25, 0.3) is 0 Å². The molecule has 21 heterocycles. The van der Waals surface area contributed by atoms with Gasteiger partial charge in [-0.1, -0.05) is 12.1 Å². The number of benzene rings is 1. The molecular formula is C90H83F3N28O7. The number of aliphatic hydroxyl groups is 1. The minimum atomic E-state index is -4.44. The van der Waals surface area contributed by atoms with Gasteiger partial charge in [0.15, 0.2) is 58.7 Å². The minimum absolute atomic E-state index is 0.0301. The number of carbonyl (C=O) groups is 4. The summed E-state index contributed by atoms with van der Waals surface area (Å²) in [6, 6.07) is 38.4. The first kappa shape index (κ1) is 81.9. The number of H-pyrrole nitrogens is 1. The minimum Gasteiger partial charge on any atom is -0.443 e. The Kier molecular flexibility index (Phi) is 22.2. The lowest BCUT2D eigenvalue weighted by atomic mass is 10.1. The molecule has 8 bridgehead atoms. The van der Waals surface area contributed by atoms with Gasteiger partial charge in [-0.3, -0.25) is 55.6 Å². The SMILES string of the molecule is Cc1cc(-c2ccc3c(n2)N(C(=O)Nc2cc(-c4cn[nH]c4)ccn2)[C@H]2CCN3C2)ccn1.Cc1cc(-c2ccc3c(n2)N(C(=O)Nc2cc(-c4cnc(C)o4)cnn2)[C@H]2CCN3C2)ccn1.Cc1cc(-c2ccc3c(n2)N(C(=O)Nc2cc(-c4cnco4)cnn2)[C@H]2CCN3C2)ccn1.O=C(NCCO)N1c2nc(-c3cccc(C(F)(F)F)c3)ccc2N2CC[C@H]1C2. The summed E-state index contributed by atoms with van der Waals surface area (Å²) in [4.78, 5) is 113. The fourth-order valence-corrected chi connectivity index (χ4v) is 17.3. The van der Waals surface area contributed by atoms with Crippen LogP contribution in [0.5, 0.6) is 0 Å². The number of aromatic nitrogens is 16. The molecule has 0 aliphatic carbocycles. The van der Waals surface area contributed by atoms with Crippen molar-refractivity contribution >= 4 is 87.6 Å². The Balaban J connectivity index is 0.000000111. The number of oxazole rings is 2. The van der Waals surface area contributed by atoms with Gasteiger partial charge in [-0.05, 0) is 173 Å². The van der Waals surface area contributed by atoms with Gasteiger partial charge < -0.3 is 38.9 Å². The Morgan fingerprint density at radius 2 is 0.867 bits per heavy atom. The molecule has 22 rings (SSSR count). The number of pyridine rings is 8. The largest absolute Gasteiger partial charge is 0.443 e. The number of hydrogen-bond donors (Lipinski definition) is 6. The van der Waals surface area contributed by atoms with Crippen molar-refractivity contribution in [2.45, 2.75) is 83.7 Å². The molecular weight excluding hydrogens is 1640 g/mol. The van der Waals surface area contributed by atoms with E-state index in [2.05, 4.69) is 112 Å². The molecule has 6 N–H and O–H groups in total. The van der Waals surface area contributed by atoms with E-state index >= 15 is 0 Å². The predicted octanol–water partition coefficient (Wildman–Crippen LogP) is 14.1. The third-order valence-corrected chi connectivity index (χ3v) is 23.4. The summed E-state index contributed by atoms with van der Waals surface area (Å²) in [7, 11) is 0. The maximum atomic E-state index is 13.5. The van der Waals surface area contributed by atoms with Crippen LogP contribution in [0, 0.1) is 27.7 Å². The molecule has 4 saturated heterocycles. The molecule has 0 saturated carbocycles. The van der Waals surface area contributed by atoms with E-state index in [9.17, 15) is 32.3 Å². The molecule has 14 aromatic rings. The van der Waals surface area contributed by atoms with Gasteiger partial charge >= 0.3 is 30.3 Å². The number of carbonyl (C=O) groups excluding carboxylic acids is 4. The molecule has 0 unspecified atom stereocenters. The number of anilines is 11.